The second-order valence-electron chi connectivity index (χ2n) is 22.0. The number of carbonyl (C=O) groups excluding carboxylic acids is 3. The fourth-order valence-corrected chi connectivity index (χ4v) is 9.17. The van der Waals surface area contributed by atoms with Crippen LogP contribution in [0, 0.1) is 0 Å². The van der Waals surface area contributed by atoms with Crippen LogP contribution < -0.4 is 0 Å². The van der Waals surface area contributed by atoms with Gasteiger partial charge in [-0.25, -0.2) is 0 Å². The quantitative estimate of drug-likeness (QED) is 0.0261. The molecule has 452 valence electrons. The van der Waals surface area contributed by atoms with Crippen molar-refractivity contribution in [2.24, 2.45) is 0 Å². The van der Waals surface area contributed by atoms with Gasteiger partial charge in [-0.1, -0.05) is 271 Å². The summed E-state index contributed by atoms with van der Waals surface area (Å²) in [5, 5.41) is 0. The molecule has 1 unspecified atom stereocenters. The molecule has 79 heavy (non-hydrogen) atoms. The number of allylic oxidation sites excluding steroid dienone is 18. The Kier molecular flexibility index (Phi) is 63.3. The van der Waals surface area contributed by atoms with Gasteiger partial charge in [0.1, 0.15) is 13.2 Å². The monoisotopic (exact) mass is 1100 g/mol. The molecule has 0 heterocycles. The third kappa shape index (κ3) is 64.8. The minimum atomic E-state index is -0.801. The fraction of sp³-hybridized carbons (Fsp3) is 0.712. The normalized spacial score (nSPS) is 12.8. The van der Waals surface area contributed by atoms with Crippen LogP contribution in [0.5, 0.6) is 0 Å². The van der Waals surface area contributed by atoms with E-state index in [1.54, 1.807) is 0 Å². The van der Waals surface area contributed by atoms with Gasteiger partial charge in [0.05, 0.1) is 0 Å². The molecule has 0 aliphatic rings. The van der Waals surface area contributed by atoms with Crippen molar-refractivity contribution in [1.29, 1.82) is 0 Å². The minimum absolute atomic E-state index is 0.0956. The van der Waals surface area contributed by atoms with Crippen molar-refractivity contribution in [3.8, 4) is 0 Å². The summed E-state index contributed by atoms with van der Waals surface area (Å²) >= 11 is 0. The van der Waals surface area contributed by atoms with Crippen molar-refractivity contribution in [3.05, 3.63) is 109 Å². The molecule has 0 N–H and O–H groups in total. The molecular formula is C73H124O6. The number of hydrogen-bond acceptors (Lipinski definition) is 6. The van der Waals surface area contributed by atoms with Crippen LogP contribution >= 0.6 is 0 Å². The molecule has 0 rings (SSSR count). The van der Waals surface area contributed by atoms with Crippen molar-refractivity contribution in [2.75, 3.05) is 13.2 Å². The highest BCUT2D eigenvalue weighted by Gasteiger charge is 2.19. The molecular weight excluding hydrogens is 973 g/mol. The topological polar surface area (TPSA) is 78.9 Å². The lowest BCUT2D eigenvalue weighted by Gasteiger charge is -2.18. The Labute approximate surface area is 489 Å². The predicted octanol–water partition coefficient (Wildman–Crippen LogP) is 23.0. The zero-order chi connectivity index (χ0) is 57.1. The van der Waals surface area contributed by atoms with E-state index in [0.717, 1.165) is 122 Å². The van der Waals surface area contributed by atoms with Crippen molar-refractivity contribution >= 4 is 17.9 Å². The molecule has 6 nitrogen and oxygen atoms in total. The van der Waals surface area contributed by atoms with E-state index in [0.29, 0.717) is 19.3 Å². The summed E-state index contributed by atoms with van der Waals surface area (Å²) in [6.07, 6.45) is 90.8. The Hall–Kier alpha value is -3.93. The molecule has 0 aromatic rings. The van der Waals surface area contributed by atoms with Crippen LogP contribution in [-0.2, 0) is 28.6 Å². The van der Waals surface area contributed by atoms with Gasteiger partial charge in [0, 0.05) is 19.3 Å². The van der Waals surface area contributed by atoms with Crippen molar-refractivity contribution < 1.29 is 28.6 Å². The zero-order valence-corrected chi connectivity index (χ0v) is 51.9. The number of ether oxygens (including phenoxy) is 3. The van der Waals surface area contributed by atoms with Gasteiger partial charge in [-0.3, -0.25) is 14.4 Å². The Bertz CT molecular complexity index is 1590. The molecule has 0 saturated carbocycles. The Morgan fingerprint density at radius 3 is 0.734 bits per heavy atom. The first-order valence-electron chi connectivity index (χ1n) is 33.4. The minimum Gasteiger partial charge on any atom is -0.462 e. The van der Waals surface area contributed by atoms with Crippen molar-refractivity contribution in [3.63, 3.8) is 0 Å². The summed E-state index contributed by atoms with van der Waals surface area (Å²) in [5.74, 6) is -0.924. The van der Waals surface area contributed by atoms with Gasteiger partial charge in [0.15, 0.2) is 6.10 Å². The molecule has 0 aromatic heterocycles. The summed E-state index contributed by atoms with van der Waals surface area (Å²) in [6.45, 7) is 6.58. The number of rotatable bonds is 60. The third-order valence-electron chi connectivity index (χ3n) is 14.2. The Morgan fingerprint density at radius 1 is 0.253 bits per heavy atom. The largest absolute Gasteiger partial charge is 0.462 e. The predicted molar refractivity (Wildman–Crippen MR) is 343 cm³/mol. The highest BCUT2D eigenvalue weighted by Crippen LogP contribution is 2.15. The third-order valence-corrected chi connectivity index (χ3v) is 14.2. The average Bonchev–Trinajstić information content (AvgIpc) is 3.45. The molecule has 0 aliphatic carbocycles. The molecule has 0 aromatic carbocycles. The summed E-state index contributed by atoms with van der Waals surface area (Å²) < 4.78 is 16.9. The maximum absolute atomic E-state index is 12.9. The van der Waals surface area contributed by atoms with Gasteiger partial charge >= 0.3 is 17.9 Å². The molecule has 0 aliphatic heterocycles. The molecule has 0 spiro atoms. The van der Waals surface area contributed by atoms with Crippen LogP contribution in [0.1, 0.15) is 316 Å². The van der Waals surface area contributed by atoms with Gasteiger partial charge in [0.25, 0.3) is 0 Å². The Morgan fingerprint density at radius 2 is 0.456 bits per heavy atom. The van der Waals surface area contributed by atoms with E-state index in [1.807, 2.05) is 0 Å². The summed E-state index contributed by atoms with van der Waals surface area (Å²) in [6, 6.07) is 0. The van der Waals surface area contributed by atoms with Crippen LogP contribution in [0.4, 0.5) is 0 Å². The molecule has 0 saturated heterocycles. The van der Waals surface area contributed by atoms with Crippen molar-refractivity contribution in [2.45, 2.75) is 322 Å². The van der Waals surface area contributed by atoms with Gasteiger partial charge in [0.2, 0.25) is 0 Å². The first kappa shape index (κ1) is 75.1. The van der Waals surface area contributed by atoms with E-state index < -0.39 is 6.10 Å². The molecule has 6 heteroatoms. The van der Waals surface area contributed by atoms with Gasteiger partial charge in [-0.15, -0.1) is 0 Å². The van der Waals surface area contributed by atoms with Crippen molar-refractivity contribution in [1.82, 2.24) is 0 Å². The fourth-order valence-electron chi connectivity index (χ4n) is 9.17. The lowest BCUT2D eigenvalue weighted by Crippen LogP contribution is -2.30. The lowest BCUT2D eigenvalue weighted by atomic mass is 10.1. The van der Waals surface area contributed by atoms with E-state index in [9.17, 15) is 14.4 Å². The maximum atomic E-state index is 12.9. The molecule has 0 fully saturated rings. The first-order valence-corrected chi connectivity index (χ1v) is 33.4. The number of carbonyl (C=O) groups is 3. The van der Waals surface area contributed by atoms with Crippen LogP contribution in [0.15, 0.2) is 109 Å². The summed E-state index contributed by atoms with van der Waals surface area (Å²) in [5.41, 5.74) is 0. The van der Waals surface area contributed by atoms with Gasteiger partial charge in [-0.2, -0.15) is 0 Å². The van der Waals surface area contributed by atoms with E-state index >= 15 is 0 Å². The number of esters is 3. The summed E-state index contributed by atoms with van der Waals surface area (Å²) in [7, 11) is 0. The summed E-state index contributed by atoms with van der Waals surface area (Å²) in [4.78, 5) is 38.4. The van der Waals surface area contributed by atoms with Crippen LogP contribution in [0.25, 0.3) is 0 Å². The Balaban J connectivity index is 4.48. The van der Waals surface area contributed by atoms with Crippen LogP contribution in [0.3, 0.4) is 0 Å². The average molecular weight is 1100 g/mol. The number of hydrogen-bond donors (Lipinski definition) is 0. The van der Waals surface area contributed by atoms with Crippen LogP contribution in [-0.4, -0.2) is 37.2 Å². The van der Waals surface area contributed by atoms with E-state index in [1.165, 1.54) is 154 Å². The highest BCUT2D eigenvalue weighted by atomic mass is 16.6. The zero-order valence-electron chi connectivity index (χ0n) is 51.9. The smallest absolute Gasteiger partial charge is 0.306 e. The van der Waals surface area contributed by atoms with Gasteiger partial charge < -0.3 is 14.2 Å². The number of unbranched alkanes of at least 4 members (excludes halogenated alkanes) is 31. The second kappa shape index (κ2) is 66.6. The van der Waals surface area contributed by atoms with Gasteiger partial charge in [-0.05, 0) is 135 Å². The molecule has 0 bridgehead atoms. The molecule has 0 amide bonds. The lowest BCUT2D eigenvalue weighted by molar-refractivity contribution is -0.167. The maximum Gasteiger partial charge on any atom is 0.306 e. The second-order valence-corrected chi connectivity index (χ2v) is 22.0. The standard InChI is InChI=1S/C73H124O6/c1-4-7-10-13-16-19-22-25-28-31-34-36-39-42-45-48-51-54-57-60-63-66-72(75)78-69-70(68-77-71(74)65-62-59-56-53-50-47-44-41-38-33-30-27-24-21-18-15-12-9-6-3)79-73(76)67-64-61-58-55-52-49-46-43-40-37-35-32-29-26-23-20-17-14-11-8-5-2/h18,21-23,25-27,30-32,34-35,38-43,70H,4-17,19-20,24,28-29,33,36-37,44-69H2,1-3H3/b21-18-,25-22-,26-23-,30-27-,34-31-,35-32-,41-38-,42-39-,43-40-. The van der Waals surface area contributed by atoms with Crippen LogP contribution in [0.2, 0.25) is 0 Å². The van der Waals surface area contributed by atoms with E-state index in [2.05, 4.69) is 130 Å². The molecule has 1 atom stereocenters. The highest BCUT2D eigenvalue weighted by molar-refractivity contribution is 5.71. The SMILES string of the molecule is CCCCC/C=C\C/C=C\C/C=C\CCCCCCCCC(=O)OCC(COC(=O)CCCCCCCC/C=C\C/C=C\C/C=C\CCCCCCC)OC(=O)CCCCCCCC/C=C\C/C=C\C/C=C\CCCCCCC. The molecule has 0 radical (unpaired) electrons. The van der Waals surface area contributed by atoms with E-state index in [-0.39, 0.29) is 31.1 Å². The van der Waals surface area contributed by atoms with E-state index in [4.69, 9.17) is 14.2 Å². The first-order chi connectivity index (χ1) is 39.0.